The van der Waals surface area contributed by atoms with Crippen molar-refractivity contribution in [2.75, 3.05) is 29.6 Å². The van der Waals surface area contributed by atoms with Gasteiger partial charge in [0, 0.05) is 30.4 Å². The summed E-state index contributed by atoms with van der Waals surface area (Å²) in [5.74, 6) is 0.167. The number of hydrogen-bond donors (Lipinski definition) is 3. The Kier molecular flexibility index (Phi) is 6.60. The molecule has 1 aromatic carbocycles. The first kappa shape index (κ1) is 23.5. The smallest absolute Gasteiger partial charge is 0.321 e. The molecule has 1 atom stereocenters. The summed E-state index contributed by atoms with van der Waals surface area (Å²) in [6.07, 6.45) is 5.72. The maximum absolute atomic E-state index is 13.0. The molecule has 1 saturated carbocycles. The second-order valence-electron chi connectivity index (χ2n) is 8.57. The SMILES string of the molecule is CS(=O)(=O)NCC1(c2ccc(N3CCC[C@@H](NC(=O)Nc4ccc(Cl)cn4)C3=O)cc2)CC1. The lowest BCUT2D eigenvalue weighted by Crippen LogP contribution is -2.53. The first-order chi connectivity index (χ1) is 15.7. The molecule has 33 heavy (non-hydrogen) atoms. The fourth-order valence-electron chi connectivity index (χ4n) is 4.01. The van der Waals surface area contributed by atoms with Gasteiger partial charge in [-0.05, 0) is 55.5 Å². The number of halogens is 1. The maximum atomic E-state index is 13.0. The van der Waals surface area contributed by atoms with Crippen LogP contribution in [0.5, 0.6) is 0 Å². The van der Waals surface area contributed by atoms with Gasteiger partial charge in [-0.3, -0.25) is 10.1 Å². The Bertz CT molecular complexity index is 1130. The van der Waals surface area contributed by atoms with Crippen LogP contribution in [0.1, 0.15) is 31.2 Å². The Hall–Kier alpha value is -2.69. The van der Waals surface area contributed by atoms with E-state index in [1.165, 1.54) is 6.20 Å². The highest BCUT2D eigenvalue weighted by Gasteiger charge is 2.44. The minimum absolute atomic E-state index is 0.173. The summed E-state index contributed by atoms with van der Waals surface area (Å²) in [5.41, 5.74) is 1.63. The summed E-state index contributed by atoms with van der Waals surface area (Å²) < 4.78 is 25.5. The van der Waals surface area contributed by atoms with E-state index in [1.54, 1.807) is 17.0 Å². The van der Waals surface area contributed by atoms with E-state index in [0.717, 1.165) is 36.8 Å². The largest absolute Gasteiger partial charge is 0.326 e. The van der Waals surface area contributed by atoms with Crippen molar-refractivity contribution in [2.24, 2.45) is 0 Å². The summed E-state index contributed by atoms with van der Waals surface area (Å²) in [4.78, 5) is 31.1. The highest BCUT2D eigenvalue weighted by Crippen LogP contribution is 2.48. The number of benzene rings is 1. The second-order valence-corrected chi connectivity index (χ2v) is 10.8. The molecule has 1 aliphatic heterocycles. The number of carbonyl (C=O) groups excluding carboxylic acids is 2. The lowest BCUT2D eigenvalue weighted by atomic mass is 9.95. The molecule has 9 nitrogen and oxygen atoms in total. The number of aromatic nitrogens is 1. The Morgan fingerprint density at radius 3 is 2.55 bits per heavy atom. The zero-order valence-electron chi connectivity index (χ0n) is 18.2. The monoisotopic (exact) mass is 491 g/mol. The summed E-state index contributed by atoms with van der Waals surface area (Å²) >= 11 is 5.80. The van der Waals surface area contributed by atoms with E-state index in [4.69, 9.17) is 11.6 Å². The third-order valence-electron chi connectivity index (χ3n) is 6.03. The lowest BCUT2D eigenvalue weighted by molar-refractivity contribution is -0.121. The number of hydrogen-bond acceptors (Lipinski definition) is 5. The number of rotatable bonds is 7. The maximum Gasteiger partial charge on any atom is 0.321 e. The number of urea groups is 1. The third kappa shape index (κ3) is 5.82. The van der Waals surface area contributed by atoms with Gasteiger partial charge in [0.25, 0.3) is 0 Å². The van der Waals surface area contributed by atoms with Crippen LogP contribution < -0.4 is 20.3 Å². The summed E-state index contributed by atoms with van der Waals surface area (Å²) in [6.45, 7) is 0.939. The average Bonchev–Trinajstić information content (AvgIpc) is 3.56. The van der Waals surface area contributed by atoms with Gasteiger partial charge < -0.3 is 10.2 Å². The quantitative estimate of drug-likeness (QED) is 0.550. The summed E-state index contributed by atoms with van der Waals surface area (Å²) in [5, 5.41) is 5.80. The van der Waals surface area contributed by atoms with E-state index >= 15 is 0 Å². The van der Waals surface area contributed by atoms with Crippen molar-refractivity contribution in [1.29, 1.82) is 0 Å². The first-order valence-electron chi connectivity index (χ1n) is 10.7. The number of nitrogens with zero attached hydrogens (tertiary/aromatic N) is 2. The number of piperidine rings is 1. The van der Waals surface area contributed by atoms with E-state index in [0.29, 0.717) is 30.4 Å². The van der Waals surface area contributed by atoms with Gasteiger partial charge in [-0.1, -0.05) is 23.7 Å². The minimum Gasteiger partial charge on any atom is -0.326 e. The Morgan fingerprint density at radius 1 is 1.21 bits per heavy atom. The lowest BCUT2D eigenvalue weighted by Gasteiger charge is -2.33. The van der Waals surface area contributed by atoms with Gasteiger partial charge in [0.2, 0.25) is 15.9 Å². The van der Waals surface area contributed by atoms with Crippen molar-refractivity contribution in [3.8, 4) is 0 Å². The number of carbonyl (C=O) groups is 2. The van der Waals surface area contributed by atoms with E-state index in [2.05, 4.69) is 20.3 Å². The van der Waals surface area contributed by atoms with Crippen LogP contribution in [0.3, 0.4) is 0 Å². The number of nitrogens with one attached hydrogen (secondary N) is 3. The van der Waals surface area contributed by atoms with Gasteiger partial charge in [-0.15, -0.1) is 0 Å². The first-order valence-corrected chi connectivity index (χ1v) is 13.0. The van der Waals surface area contributed by atoms with Gasteiger partial charge in [0.15, 0.2) is 0 Å². The molecule has 2 fully saturated rings. The molecule has 11 heteroatoms. The van der Waals surface area contributed by atoms with E-state index in [1.807, 2.05) is 24.3 Å². The number of anilines is 2. The van der Waals surface area contributed by atoms with Crippen LogP contribution in [0.25, 0.3) is 0 Å². The van der Waals surface area contributed by atoms with Gasteiger partial charge in [0.1, 0.15) is 11.9 Å². The molecule has 1 saturated heterocycles. The number of sulfonamides is 1. The highest BCUT2D eigenvalue weighted by molar-refractivity contribution is 7.88. The zero-order valence-corrected chi connectivity index (χ0v) is 19.7. The topological polar surface area (TPSA) is 120 Å². The molecule has 176 valence electrons. The third-order valence-corrected chi connectivity index (χ3v) is 6.92. The van der Waals surface area contributed by atoms with Gasteiger partial charge >= 0.3 is 6.03 Å². The van der Waals surface area contributed by atoms with Crippen LogP contribution in [-0.4, -0.2) is 50.7 Å². The fourth-order valence-corrected chi connectivity index (χ4v) is 4.66. The van der Waals surface area contributed by atoms with Crippen molar-refractivity contribution in [2.45, 2.75) is 37.1 Å². The molecule has 1 aliphatic carbocycles. The zero-order chi connectivity index (χ0) is 23.6. The van der Waals surface area contributed by atoms with E-state index < -0.39 is 22.1 Å². The highest BCUT2D eigenvalue weighted by atomic mass is 35.5. The molecule has 2 aromatic rings. The molecular weight excluding hydrogens is 466 g/mol. The normalized spacial score (nSPS) is 19.8. The molecule has 0 unspecified atom stereocenters. The van der Waals surface area contributed by atoms with Gasteiger partial charge in [-0.25, -0.2) is 22.9 Å². The average molecular weight is 492 g/mol. The van der Waals surface area contributed by atoms with Crippen LogP contribution in [0.2, 0.25) is 5.02 Å². The standard InChI is InChI=1S/C22H26ClN5O4S/c1-33(31,32)25-14-22(10-11-22)15-4-7-17(8-5-15)28-12-2-3-18(20(28)29)26-21(30)27-19-9-6-16(23)13-24-19/h4-9,13,18,25H,2-3,10-12,14H2,1H3,(H2,24,26,27,30)/t18-/m1/s1. The molecular formula is C22H26ClN5O4S. The Morgan fingerprint density at radius 2 is 1.94 bits per heavy atom. The van der Waals surface area contributed by atoms with E-state index in [-0.39, 0.29) is 11.3 Å². The Labute approximate surface area is 198 Å². The number of pyridine rings is 1. The van der Waals surface area contributed by atoms with Crippen LogP contribution in [0.15, 0.2) is 42.6 Å². The van der Waals surface area contributed by atoms with Gasteiger partial charge in [0.05, 0.1) is 11.3 Å². The number of amides is 3. The van der Waals surface area contributed by atoms with Crippen molar-refractivity contribution >= 4 is 45.1 Å². The van der Waals surface area contributed by atoms with Gasteiger partial charge in [-0.2, -0.15) is 0 Å². The van der Waals surface area contributed by atoms with Crippen molar-refractivity contribution < 1.29 is 18.0 Å². The van der Waals surface area contributed by atoms with Crippen LogP contribution in [-0.2, 0) is 20.2 Å². The minimum atomic E-state index is -3.25. The van der Waals surface area contributed by atoms with Crippen molar-refractivity contribution in [3.05, 3.63) is 53.2 Å². The van der Waals surface area contributed by atoms with E-state index in [9.17, 15) is 18.0 Å². The predicted octanol–water partition coefficient (Wildman–Crippen LogP) is 2.63. The Balaban J connectivity index is 1.38. The molecule has 3 N–H and O–H groups in total. The molecule has 2 aliphatic rings. The van der Waals surface area contributed by atoms with Crippen LogP contribution in [0.4, 0.5) is 16.3 Å². The van der Waals surface area contributed by atoms with Crippen molar-refractivity contribution in [1.82, 2.24) is 15.0 Å². The molecule has 0 bridgehead atoms. The molecule has 2 heterocycles. The molecule has 0 radical (unpaired) electrons. The fraction of sp³-hybridized carbons (Fsp3) is 0.409. The molecule has 3 amide bonds. The second kappa shape index (κ2) is 9.28. The molecule has 0 spiro atoms. The van der Waals surface area contributed by atoms with Crippen molar-refractivity contribution in [3.63, 3.8) is 0 Å². The summed E-state index contributed by atoms with van der Waals surface area (Å²) in [7, 11) is -3.25. The predicted molar refractivity (Wildman–Crippen MR) is 127 cm³/mol. The molecule has 1 aromatic heterocycles. The van der Waals surface area contributed by atoms with Crippen LogP contribution in [0, 0.1) is 0 Å². The molecule has 4 rings (SSSR count). The van der Waals surface area contributed by atoms with Crippen LogP contribution >= 0.6 is 11.6 Å². The summed E-state index contributed by atoms with van der Waals surface area (Å²) in [6, 6.07) is 9.72.